The van der Waals surface area contributed by atoms with E-state index in [0.717, 1.165) is 5.69 Å². The zero-order chi connectivity index (χ0) is 11.3. The number of ether oxygens (including phenoxy) is 1. The van der Waals surface area contributed by atoms with Crippen molar-refractivity contribution in [1.82, 2.24) is 0 Å². The molecule has 0 atom stereocenters. The fourth-order valence-corrected chi connectivity index (χ4v) is 1.10. The summed E-state index contributed by atoms with van der Waals surface area (Å²) in [5.74, 6) is -0.245. The van der Waals surface area contributed by atoms with Crippen LogP contribution in [0.1, 0.15) is 6.42 Å². The van der Waals surface area contributed by atoms with E-state index in [4.69, 9.17) is 11.5 Å². The summed E-state index contributed by atoms with van der Waals surface area (Å²) >= 11 is 0. The first kappa shape index (κ1) is 11.2. The Morgan fingerprint density at radius 2 is 2.13 bits per heavy atom. The highest BCUT2D eigenvalue weighted by Gasteiger charge is 2.00. The summed E-state index contributed by atoms with van der Waals surface area (Å²) in [5.41, 5.74) is 13.1. The van der Waals surface area contributed by atoms with Gasteiger partial charge in [0, 0.05) is 12.2 Å². The molecule has 15 heavy (non-hydrogen) atoms. The number of nitrogen functional groups attached to an aromatic ring is 2. The molecule has 0 aliphatic heterocycles. The Kier molecular flexibility index (Phi) is 3.79. The van der Waals surface area contributed by atoms with Crippen LogP contribution < -0.4 is 16.8 Å². The van der Waals surface area contributed by atoms with Crippen LogP contribution in [0.15, 0.2) is 18.2 Å². The highest BCUT2D eigenvalue weighted by atomic mass is 16.5. The predicted molar refractivity (Wildman–Crippen MR) is 60.4 cm³/mol. The number of anilines is 3. The largest absolute Gasteiger partial charge is 0.469 e. The summed E-state index contributed by atoms with van der Waals surface area (Å²) in [6.45, 7) is 0.510. The molecule has 0 unspecified atom stereocenters. The van der Waals surface area contributed by atoms with Gasteiger partial charge in [0.05, 0.1) is 24.9 Å². The van der Waals surface area contributed by atoms with Gasteiger partial charge < -0.3 is 21.5 Å². The summed E-state index contributed by atoms with van der Waals surface area (Å²) in [6.07, 6.45) is 0.320. The van der Waals surface area contributed by atoms with Crippen molar-refractivity contribution >= 4 is 23.0 Å². The van der Waals surface area contributed by atoms with Crippen LogP contribution in [-0.2, 0) is 9.53 Å². The summed E-state index contributed by atoms with van der Waals surface area (Å²) in [5, 5.41) is 3.04. The molecule has 5 nitrogen and oxygen atoms in total. The van der Waals surface area contributed by atoms with E-state index in [2.05, 4.69) is 10.1 Å². The summed E-state index contributed by atoms with van der Waals surface area (Å²) in [7, 11) is 1.36. The summed E-state index contributed by atoms with van der Waals surface area (Å²) in [4.78, 5) is 10.8. The second-order valence-corrected chi connectivity index (χ2v) is 3.10. The van der Waals surface area contributed by atoms with Gasteiger partial charge in [0.1, 0.15) is 0 Å². The third-order valence-electron chi connectivity index (χ3n) is 1.97. The lowest BCUT2D eigenvalue weighted by Crippen LogP contribution is -2.09. The molecule has 0 saturated carbocycles. The van der Waals surface area contributed by atoms with E-state index in [0.29, 0.717) is 24.3 Å². The fourth-order valence-electron chi connectivity index (χ4n) is 1.10. The molecular formula is C10H15N3O2. The number of nitrogens with two attached hydrogens (primary N) is 2. The molecule has 1 aromatic carbocycles. The first-order chi connectivity index (χ1) is 7.13. The molecule has 0 heterocycles. The van der Waals surface area contributed by atoms with Crippen LogP contribution in [0, 0.1) is 0 Å². The Morgan fingerprint density at radius 3 is 2.73 bits per heavy atom. The fraction of sp³-hybridized carbons (Fsp3) is 0.300. The van der Waals surface area contributed by atoms with Crippen molar-refractivity contribution in [3.05, 3.63) is 18.2 Å². The molecule has 0 spiro atoms. The number of carbonyl (C=O) groups is 1. The lowest BCUT2D eigenvalue weighted by molar-refractivity contribution is -0.140. The van der Waals surface area contributed by atoms with Gasteiger partial charge in [-0.3, -0.25) is 4.79 Å². The van der Waals surface area contributed by atoms with Crippen LogP contribution in [0.3, 0.4) is 0 Å². The number of rotatable bonds is 4. The Morgan fingerprint density at radius 1 is 1.40 bits per heavy atom. The van der Waals surface area contributed by atoms with Crippen molar-refractivity contribution < 1.29 is 9.53 Å². The maximum atomic E-state index is 10.8. The quantitative estimate of drug-likeness (QED) is 0.504. The molecule has 0 radical (unpaired) electrons. The maximum Gasteiger partial charge on any atom is 0.307 e. The Balaban J connectivity index is 2.44. The van der Waals surface area contributed by atoms with E-state index in [-0.39, 0.29) is 5.97 Å². The molecular weight excluding hydrogens is 194 g/mol. The molecule has 5 heteroatoms. The third kappa shape index (κ3) is 3.38. The van der Waals surface area contributed by atoms with Gasteiger partial charge in [-0.25, -0.2) is 0 Å². The van der Waals surface area contributed by atoms with Gasteiger partial charge in [-0.15, -0.1) is 0 Å². The number of carbonyl (C=O) groups excluding carboxylic acids is 1. The standard InChI is InChI=1S/C10H15N3O2/c1-15-10(14)4-5-13-7-2-3-8(11)9(12)6-7/h2-3,6,13H,4-5,11-12H2,1H3. The number of hydrogen-bond acceptors (Lipinski definition) is 5. The van der Waals surface area contributed by atoms with Crippen LogP contribution in [-0.4, -0.2) is 19.6 Å². The monoisotopic (exact) mass is 209 g/mol. The number of benzene rings is 1. The third-order valence-corrected chi connectivity index (χ3v) is 1.97. The molecule has 1 rings (SSSR count). The van der Waals surface area contributed by atoms with E-state index in [1.807, 2.05) is 6.07 Å². The molecule has 0 fully saturated rings. The number of methoxy groups -OCH3 is 1. The van der Waals surface area contributed by atoms with E-state index in [9.17, 15) is 4.79 Å². The van der Waals surface area contributed by atoms with Crippen molar-refractivity contribution in [2.45, 2.75) is 6.42 Å². The summed E-state index contributed by atoms with van der Waals surface area (Å²) in [6, 6.07) is 5.26. The van der Waals surface area contributed by atoms with Crippen LogP contribution in [0.5, 0.6) is 0 Å². The molecule has 0 saturated heterocycles. The zero-order valence-electron chi connectivity index (χ0n) is 8.62. The average Bonchev–Trinajstić information content (AvgIpc) is 2.23. The van der Waals surface area contributed by atoms with E-state index in [1.165, 1.54) is 7.11 Å². The number of hydrogen-bond donors (Lipinski definition) is 3. The van der Waals surface area contributed by atoms with E-state index < -0.39 is 0 Å². The van der Waals surface area contributed by atoms with Crippen molar-refractivity contribution in [3.63, 3.8) is 0 Å². The smallest absolute Gasteiger partial charge is 0.307 e. The first-order valence-corrected chi connectivity index (χ1v) is 4.59. The minimum Gasteiger partial charge on any atom is -0.469 e. The van der Waals surface area contributed by atoms with Gasteiger partial charge in [0.25, 0.3) is 0 Å². The summed E-state index contributed by atoms with van der Waals surface area (Å²) < 4.78 is 4.51. The van der Waals surface area contributed by atoms with E-state index in [1.54, 1.807) is 12.1 Å². The normalized spacial score (nSPS) is 9.67. The van der Waals surface area contributed by atoms with Crippen LogP contribution in [0.25, 0.3) is 0 Å². The Hall–Kier alpha value is -1.91. The molecule has 82 valence electrons. The van der Waals surface area contributed by atoms with Gasteiger partial charge in [0.15, 0.2) is 0 Å². The average molecular weight is 209 g/mol. The van der Waals surface area contributed by atoms with Gasteiger partial charge in [0.2, 0.25) is 0 Å². The van der Waals surface area contributed by atoms with Crippen molar-refractivity contribution in [3.8, 4) is 0 Å². The highest BCUT2D eigenvalue weighted by molar-refractivity contribution is 5.71. The highest BCUT2D eigenvalue weighted by Crippen LogP contribution is 2.19. The topological polar surface area (TPSA) is 90.4 Å². The lowest BCUT2D eigenvalue weighted by Gasteiger charge is -2.07. The molecule has 1 aromatic rings. The van der Waals surface area contributed by atoms with Gasteiger partial charge >= 0.3 is 5.97 Å². The van der Waals surface area contributed by atoms with Crippen molar-refractivity contribution in [2.24, 2.45) is 0 Å². The minimum atomic E-state index is -0.245. The predicted octanol–water partition coefficient (Wildman–Crippen LogP) is 0.826. The van der Waals surface area contributed by atoms with Gasteiger partial charge in [-0.1, -0.05) is 0 Å². The van der Waals surface area contributed by atoms with Crippen LogP contribution in [0.4, 0.5) is 17.1 Å². The van der Waals surface area contributed by atoms with E-state index >= 15 is 0 Å². The van der Waals surface area contributed by atoms with Gasteiger partial charge in [-0.05, 0) is 18.2 Å². The second kappa shape index (κ2) is 5.09. The first-order valence-electron chi connectivity index (χ1n) is 4.59. The lowest BCUT2D eigenvalue weighted by atomic mass is 10.2. The molecule has 0 aromatic heterocycles. The Labute approximate surface area is 88.4 Å². The zero-order valence-corrected chi connectivity index (χ0v) is 8.62. The van der Waals surface area contributed by atoms with Crippen molar-refractivity contribution in [1.29, 1.82) is 0 Å². The molecule has 5 N–H and O–H groups in total. The van der Waals surface area contributed by atoms with Crippen LogP contribution in [0.2, 0.25) is 0 Å². The number of nitrogens with one attached hydrogen (secondary N) is 1. The Bertz CT molecular complexity index is 353. The molecule has 0 amide bonds. The van der Waals surface area contributed by atoms with Crippen molar-refractivity contribution in [2.75, 3.05) is 30.4 Å². The molecule has 0 aliphatic rings. The second-order valence-electron chi connectivity index (χ2n) is 3.10. The minimum absolute atomic E-state index is 0.245. The maximum absolute atomic E-state index is 10.8. The SMILES string of the molecule is COC(=O)CCNc1ccc(N)c(N)c1. The van der Waals surface area contributed by atoms with Gasteiger partial charge in [-0.2, -0.15) is 0 Å². The molecule has 0 bridgehead atoms. The number of esters is 1. The van der Waals surface area contributed by atoms with Crippen LogP contribution >= 0.6 is 0 Å². The molecule has 0 aliphatic carbocycles.